The summed E-state index contributed by atoms with van der Waals surface area (Å²) in [6.07, 6.45) is 7.40. The highest BCUT2D eigenvalue weighted by Gasteiger charge is 2.22. The van der Waals surface area contributed by atoms with Crippen molar-refractivity contribution in [2.45, 2.75) is 26.2 Å². The van der Waals surface area contributed by atoms with E-state index >= 15 is 0 Å². The number of nitrogens with one attached hydrogen (secondary N) is 2. The van der Waals surface area contributed by atoms with Crippen molar-refractivity contribution in [1.82, 2.24) is 19.9 Å². The van der Waals surface area contributed by atoms with Crippen LogP contribution in [0.15, 0.2) is 69.2 Å². The molecule has 0 atom stereocenters. The van der Waals surface area contributed by atoms with Gasteiger partial charge < -0.3 is 14.4 Å². The largest absolute Gasteiger partial charge is 0.447 e. The van der Waals surface area contributed by atoms with E-state index in [1.54, 1.807) is 42.6 Å². The number of oxazole rings is 1. The van der Waals surface area contributed by atoms with Crippen LogP contribution in [0.4, 0.5) is 0 Å². The van der Waals surface area contributed by atoms with Gasteiger partial charge in [-0.3, -0.25) is 19.4 Å². The fourth-order valence-electron chi connectivity index (χ4n) is 3.35. The van der Waals surface area contributed by atoms with Gasteiger partial charge in [-0.05, 0) is 35.9 Å². The number of benzene rings is 1. The number of ketones is 1. The van der Waals surface area contributed by atoms with E-state index in [9.17, 15) is 14.4 Å². The lowest BCUT2D eigenvalue weighted by Crippen LogP contribution is -2.46. The zero-order chi connectivity index (χ0) is 23.6. The first kappa shape index (κ1) is 21.9. The zero-order valence-electron chi connectivity index (χ0n) is 18.4. The van der Waals surface area contributed by atoms with Gasteiger partial charge in [-0.25, -0.2) is 4.98 Å². The van der Waals surface area contributed by atoms with Crippen LogP contribution < -0.4 is 21.8 Å². The quantitative estimate of drug-likeness (QED) is 0.464. The van der Waals surface area contributed by atoms with Crippen LogP contribution in [0.3, 0.4) is 0 Å². The van der Waals surface area contributed by atoms with Crippen LogP contribution >= 0.6 is 0 Å². The molecule has 0 saturated carbocycles. The molecule has 0 spiro atoms. The summed E-state index contributed by atoms with van der Waals surface area (Å²) in [6.45, 7) is 5.88. The van der Waals surface area contributed by atoms with Crippen LogP contribution in [0.5, 0.6) is 0 Å². The lowest BCUT2D eigenvalue weighted by atomic mass is 9.92. The minimum absolute atomic E-state index is 0.0667. The molecule has 0 radical (unpaired) electrons. The lowest BCUT2D eigenvalue weighted by Gasteiger charge is -2.14. The summed E-state index contributed by atoms with van der Waals surface area (Å²) >= 11 is 0. The summed E-state index contributed by atoms with van der Waals surface area (Å²) in [7, 11) is 0. The number of hydrogen-bond acceptors (Lipinski definition) is 6. The molecule has 0 fully saturated rings. The molecule has 166 valence electrons. The summed E-state index contributed by atoms with van der Waals surface area (Å²) in [6, 6.07) is 10.2. The van der Waals surface area contributed by atoms with Crippen molar-refractivity contribution in [2.75, 3.05) is 0 Å². The third-order valence-corrected chi connectivity index (χ3v) is 4.93. The number of aromatic amines is 2. The van der Waals surface area contributed by atoms with Gasteiger partial charge in [0, 0.05) is 28.9 Å². The molecule has 0 amide bonds. The monoisotopic (exact) mass is 442 g/mol. The van der Waals surface area contributed by atoms with E-state index in [-0.39, 0.29) is 21.9 Å². The maximum Gasteiger partial charge on any atom is 0.272 e. The molecule has 8 nitrogen and oxygen atoms in total. The number of hydrogen-bond donors (Lipinski definition) is 2. The van der Waals surface area contributed by atoms with Gasteiger partial charge >= 0.3 is 0 Å². The van der Waals surface area contributed by atoms with Crippen LogP contribution in [-0.2, 0) is 5.41 Å². The molecular weight excluding hydrogens is 420 g/mol. The van der Waals surface area contributed by atoms with Gasteiger partial charge in [0.15, 0.2) is 12.2 Å². The number of carbonyl (C=O) groups excluding carboxylic acids is 1. The van der Waals surface area contributed by atoms with Crippen molar-refractivity contribution in [1.29, 1.82) is 0 Å². The van der Waals surface area contributed by atoms with Crippen LogP contribution in [0.1, 0.15) is 53.7 Å². The zero-order valence-corrected chi connectivity index (χ0v) is 18.4. The first-order valence-electron chi connectivity index (χ1n) is 10.3. The summed E-state index contributed by atoms with van der Waals surface area (Å²) < 4.78 is 5.45. The van der Waals surface area contributed by atoms with Gasteiger partial charge in [0.1, 0.15) is 22.2 Å². The Hall–Kier alpha value is -4.33. The second-order valence-electron chi connectivity index (χ2n) is 8.54. The highest BCUT2D eigenvalue weighted by atomic mass is 16.3. The molecule has 0 aliphatic rings. The molecule has 2 N–H and O–H groups in total. The second kappa shape index (κ2) is 8.66. The van der Waals surface area contributed by atoms with Gasteiger partial charge in [-0.1, -0.05) is 39.0 Å². The number of rotatable bonds is 4. The van der Waals surface area contributed by atoms with Crippen LogP contribution in [0, 0.1) is 0 Å². The van der Waals surface area contributed by atoms with E-state index in [0.29, 0.717) is 28.1 Å². The van der Waals surface area contributed by atoms with Crippen LogP contribution in [0.2, 0.25) is 0 Å². The Morgan fingerprint density at radius 3 is 2.33 bits per heavy atom. The van der Waals surface area contributed by atoms with Crippen molar-refractivity contribution < 1.29 is 9.21 Å². The van der Waals surface area contributed by atoms with E-state index < -0.39 is 11.1 Å². The van der Waals surface area contributed by atoms with Crippen molar-refractivity contribution in [3.8, 4) is 0 Å². The lowest BCUT2D eigenvalue weighted by molar-refractivity contribution is 0.103. The molecule has 0 unspecified atom stereocenters. The number of aromatic nitrogens is 4. The Balaban J connectivity index is 1.74. The van der Waals surface area contributed by atoms with E-state index in [2.05, 4.69) is 19.9 Å². The standard InChI is InChI=1S/C25H22N4O4/c1-25(2,3)22-18(27-14-33-22)12-20-24(32)28-19(23(31)29-20)11-15-6-4-7-16(10-15)21(30)17-8-5-9-26-13-17/h4-14H,1-3H3,(H,28,32)(H,29,31)/b19-11-,20-12-. The summed E-state index contributed by atoms with van der Waals surface area (Å²) in [5.74, 6) is 0.418. The maximum absolute atomic E-state index is 12.7. The predicted octanol–water partition coefficient (Wildman–Crippen LogP) is 1.63. The molecule has 0 bridgehead atoms. The van der Waals surface area contributed by atoms with Crippen molar-refractivity contribution in [3.63, 3.8) is 0 Å². The minimum Gasteiger partial charge on any atom is -0.447 e. The van der Waals surface area contributed by atoms with Crippen molar-refractivity contribution in [2.24, 2.45) is 0 Å². The molecular formula is C25H22N4O4. The molecule has 4 aromatic rings. The van der Waals surface area contributed by atoms with Gasteiger partial charge in [-0.15, -0.1) is 0 Å². The molecule has 0 aliphatic heterocycles. The van der Waals surface area contributed by atoms with Crippen LogP contribution in [-0.4, -0.2) is 25.7 Å². The number of nitrogens with zero attached hydrogens (tertiary/aromatic N) is 2. The molecule has 4 rings (SSSR count). The van der Waals surface area contributed by atoms with Gasteiger partial charge in [0.25, 0.3) is 11.1 Å². The third kappa shape index (κ3) is 4.79. The minimum atomic E-state index is -0.481. The molecule has 3 aromatic heterocycles. The first-order valence-corrected chi connectivity index (χ1v) is 10.3. The fourth-order valence-corrected chi connectivity index (χ4v) is 3.35. The average Bonchev–Trinajstić information content (AvgIpc) is 3.26. The van der Waals surface area contributed by atoms with Gasteiger partial charge in [0.05, 0.1) is 0 Å². The van der Waals surface area contributed by atoms with Crippen LogP contribution in [0.25, 0.3) is 12.2 Å². The third-order valence-electron chi connectivity index (χ3n) is 4.93. The average molecular weight is 442 g/mol. The van der Waals surface area contributed by atoms with E-state index in [1.807, 2.05) is 20.8 Å². The molecule has 1 aromatic carbocycles. The predicted molar refractivity (Wildman–Crippen MR) is 123 cm³/mol. The molecule has 0 aliphatic carbocycles. The van der Waals surface area contributed by atoms with E-state index in [1.165, 1.54) is 24.7 Å². The molecule has 0 saturated heterocycles. The molecule has 33 heavy (non-hydrogen) atoms. The SMILES string of the molecule is CC(C)(C)c1ocnc1/C=c1\[nH]c(=O)/c(=C/c2cccc(C(=O)c3cccnc3)c2)[nH]c1=O. The second-order valence-corrected chi connectivity index (χ2v) is 8.54. The Bertz CT molecular complexity index is 1550. The Labute approximate surface area is 188 Å². The Morgan fingerprint density at radius 1 is 0.970 bits per heavy atom. The first-order chi connectivity index (χ1) is 15.7. The van der Waals surface area contributed by atoms with Crippen molar-refractivity contribution >= 4 is 17.9 Å². The van der Waals surface area contributed by atoms with Gasteiger partial charge in [-0.2, -0.15) is 0 Å². The summed E-state index contributed by atoms with van der Waals surface area (Å²) in [5.41, 5.74) is 0.694. The smallest absolute Gasteiger partial charge is 0.272 e. The number of H-pyrrole nitrogens is 2. The Kier molecular flexibility index (Phi) is 5.74. The number of carbonyl (C=O) groups is 1. The molecule has 3 heterocycles. The Morgan fingerprint density at radius 2 is 1.67 bits per heavy atom. The summed E-state index contributed by atoms with van der Waals surface area (Å²) in [5, 5.41) is 0.136. The maximum atomic E-state index is 12.7. The van der Waals surface area contributed by atoms with Crippen molar-refractivity contribution in [3.05, 3.63) is 115 Å². The van der Waals surface area contributed by atoms with E-state index in [0.717, 1.165) is 0 Å². The highest BCUT2D eigenvalue weighted by Crippen LogP contribution is 2.25. The molecule has 8 heteroatoms. The highest BCUT2D eigenvalue weighted by molar-refractivity contribution is 6.09. The fraction of sp³-hybridized carbons (Fsp3) is 0.160. The topological polar surface area (TPSA) is 122 Å². The summed E-state index contributed by atoms with van der Waals surface area (Å²) in [4.78, 5) is 51.3. The number of pyridine rings is 1. The van der Waals surface area contributed by atoms with Gasteiger partial charge in [0.2, 0.25) is 0 Å². The van der Waals surface area contributed by atoms with E-state index in [4.69, 9.17) is 4.42 Å². The normalized spacial score (nSPS) is 12.8.